The van der Waals surface area contributed by atoms with Gasteiger partial charge in [0, 0.05) is 18.9 Å². The fourth-order valence-corrected chi connectivity index (χ4v) is 1.33. The van der Waals surface area contributed by atoms with Crippen LogP contribution in [0.25, 0.3) is 0 Å². The minimum Gasteiger partial charge on any atom is -0.328 e. The first kappa shape index (κ1) is 8.47. The molecule has 0 aromatic carbocycles. The summed E-state index contributed by atoms with van der Waals surface area (Å²) < 4.78 is 13.6. The predicted octanol–water partition coefficient (Wildman–Crippen LogP) is 1.95. The minimum atomic E-state index is -1.19. The highest BCUT2D eigenvalue weighted by Gasteiger charge is 2.26. The van der Waals surface area contributed by atoms with Crippen LogP contribution < -0.4 is 5.73 Å². The molecular weight excluding hydrogens is 141 g/mol. The summed E-state index contributed by atoms with van der Waals surface area (Å²) in [6.07, 6.45) is 7.91. The van der Waals surface area contributed by atoms with Gasteiger partial charge in [-0.3, -0.25) is 0 Å². The van der Waals surface area contributed by atoms with Crippen molar-refractivity contribution in [2.45, 2.75) is 31.5 Å². The van der Waals surface area contributed by atoms with Crippen molar-refractivity contribution in [2.75, 3.05) is 0 Å². The number of halogens is 1. The third kappa shape index (κ3) is 2.46. The first-order valence-electron chi connectivity index (χ1n) is 3.91. The maximum atomic E-state index is 13.6. The number of hydrogen-bond donors (Lipinski definition) is 1. The molecule has 2 heteroatoms. The van der Waals surface area contributed by atoms with E-state index in [1.54, 1.807) is 12.2 Å². The molecule has 0 amide bonds. The second kappa shape index (κ2) is 3.18. The Bertz CT molecular complexity index is 184. The first-order chi connectivity index (χ1) is 5.12. The molecule has 0 spiro atoms. The summed E-state index contributed by atoms with van der Waals surface area (Å²) in [6.45, 7) is 1.83. The molecule has 2 N–H and O–H groups in total. The van der Waals surface area contributed by atoms with Crippen LogP contribution in [-0.4, -0.2) is 11.7 Å². The van der Waals surface area contributed by atoms with Crippen LogP contribution in [0.15, 0.2) is 24.3 Å². The molecular formula is C9H14FN. The second-order valence-electron chi connectivity index (χ2n) is 3.21. The van der Waals surface area contributed by atoms with Crippen LogP contribution in [0.2, 0.25) is 0 Å². The van der Waals surface area contributed by atoms with Gasteiger partial charge in [-0.1, -0.05) is 18.2 Å². The summed E-state index contributed by atoms with van der Waals surface area (Å²) in [5, 5.41) is 0. The fourth-order valence-electron chi connectivity index (χ4n) is 1.33. The Morgan fingerprint density at radius 1 is 1.64 bits per heavy atom. The van der Waals surface area contributed by atoms with Gasteiger partial charge in [0.15, 0.2) is 0 Å². The molecule has 0 saturated carbocycles. The standard InChI is InChI=1S/C9H14FN/c1-8(11)7-9(10)5-3-2-4-6-9/h2-5,8H,6-7,11H2,1H3. The summed E-state index contributed by atoms with van der Waals surface area (Å²) >= 11 is 0. The smallest absolute Gasteiger partial charge is 0.134 e. The minimum absolute atomic E-state index is 0.0730. The lowest BCUT2D eigenvalue weighted by atomic mass is 9.91. The van der Waals surface area contributed by atoms with E-state index >= 15 is 0 Å². The molecule has 1 rings (SSSR count). The summed E-state index contributed by atoms with van der Waals surface area (Å²) in [4.78, 5) is 0. The van der Waals surface area contributed by atoms with E-state index in [1.165, 1.54) is 0 Å². The van der Waals surface area contributed by atoms with Gasteiger partial charge in [0.2, 0.25) is 0 Å². The van der Waals surface area contributed by atoms with E-state index in [1.807, 2.05) is 19.1 Å². The summed E-state index contributed by atoms with van der Waals surface area (Å²) in [6, 6.07) is -0.0730. The molecule has 11 heavy (non-hydrogen) atoms. The molecule has 2 atom stereocenters. The molecule has 0 saturated heterocycles. The van der Waals surface area contributed by atoms with Crippen molar-refractivity contribution in [1.82, 2.24) is 0 Å². The van der Waals surface area contributed by atoms with Gasteiger partial charge < -0.3 is 5.73 Å². The number of rotatable bonds is 2. The highest BCUT2D eigenvalue weighted by atomic mass is 19.1. The van der Waals surface area contributed by atoms with Gasteiger partial charge in [-0.15, -0.1) is 0 Å². The van der Waals surface area contributed by atoms with Crippen LogP contribution in [0.3, 0.4) is 0 Å². The van der Waals surface area contributed by atoms with Crippen molar-refractivity contribution >= 4 is 0 Å². The fraction of sp³-hybridized carbons (Fsp3) is 0.556. The van der Waals surface area contributed by atoms with Crippen LogP contribution in [0.1, 0.15) is 19.8 Å². The van der Waals surface area contributed by atoms with E-state index in [0.717, 1.165) is 0 Å². The maximum Gasteiger partial charge on any atom is 0.134 e. The highest BCUT2D eigenvalue weighted by molar-refractivity contribution is 5.18. The average Bonchev–Trinajstić information content (AvgIpc) is 1.85. The molecule has 0 bridgehead atoms. The Hall–Kier alpha value is -0.630. The van der Waals surface area contributed by atoms with Crippen LogP contribution in [-0.2, 0) is 0 Å². The third-order valence-corrected chi connectivity index (χ3v) is 1.76. The van der Waals surface area contributed by atoms with Crippen molar-refractivity contribution in [3.8, 4) is 0 Å². The molecule has 1 aliphatic rings. The lowest BCUT2D eigenvalue weighted by Gasteiger charge is -2.23. The van der Waals surface area contributed by atoms with E-state index in [0.29, 0.717) is 12.8 Å². The van der Waals surface area contributed by atoms with Gasteiger partial charge in [0.25, 0.3) is 0 Å². The van der Waals surface area contributed by atoms with E-state index in [-0.39, 0.29) is 6.04 Å². The van der Waals surface area contributed by atoms with Gasteiger partial charge in [0.05, 0.1) is 0 Å². The number of hydrogen-bond acceptors (Lipinski definition) is 1. The molecule has 0 aromatic heterocycles. The largest absolute Gasteiger partial charge is 0.328 e. The Morgan fingerprint density at radius 2 is 2.36 bits per heavy atom. The number of alkyl halides is 1. The van der Waals surface area contributed by atoms with Gasteiger partial charge in [-0.2, -0.15) is 0 Å². The topological polar surface area (TPSA) is 26.0 Å². The number of allylic oxidation sites excluding steroid dienone is 4. The van der Waals surface area contributed by atoms with Crippen molar-refractivity contribution in [2.24, 2.45) is 5.73 Å². The highest BCUT2D eigenvalue weighted by Crippen LogP contribution is 2.26. The molecule has 62 valence electrons. The molecule has 0 fully saturated rings. The van der Waals surface area contributed by atoms with Gasteiger partial charge in [-0.05, 0) is 13.0 Å². The Balaban J connectivity index is 2.54. The van der Waals surface area contributed by atoms with Crippen molar-refractivity contribution < 1.29 is 4.39 Å². The van der Waals surface area contributed by atoms with E-state index in [2.05, 4.69) is 0 Å². The Kier molecular flexibility index (Phi) is 2.45. The number of nitrogens with two attached hydrogens (primary N) is 1. The van der Waals surface area contributed by atoms with Crippen LogP contribution >= 0.6 is 0 Å². The predicted molar refractivity (Wildman–Crippen MR) is 45.0 cm³/mol. The lowest BCUT2D eigenvalue weighted by molar-refractivity contribution is 0.204. The zero-order chi connectivity index (χ0) is 8.32. The maximum absolute atomic E-state index is 13.6. The van der Waals surface area contributed by atoms with Gasteiger partial charge in [-0.25, -0.2) is 4.39 Å². The summed E-state index contributed by atoms with van der Waals surface area (Å²) in [5.41, 5.74) is 4.32. The lowest BCUT2D eigenvalue weighted by Crippen LogP contribution is -2.30. The normalized spacial score (nSPS) is 32.3. The quantitative estimate of drug-likeness (QED) is 0.648. The monoisotopic (exact) mass is 155 g/mol. The van der Waals surface area contributed by atoms with Crippen LogP contribution in [0.5, 0.6) is 0 Å². The third-order valence-electron chi connectivity index (χ3n) is 1.76. The van der Waals surface area contributed by atoms with E-state index in [9.17, 15) is 4.39 Å². The Morgan fingerprint density at radius 3 is 2.82 bits per heavy atom. The van der Waals surface area contributed by atoms with Crippen molar-refractivity contribution in [1.29, 1.82) is 0 Å². The molecule has 1 aliphatic carbocycles. The second-order valence-corrected chi connectivity index (χ2v) is 3.21. The Labute approximate surface area is 66.8 Å². The van der Waals surface area contributed by atoms with Crippen molar-refractivity contribution in [3.63, 3.8) is 0 Å². The van der Waals surface area contributed by atoms with Crippen molar-refractivity contribution in [3.05, 3.63) is 24.3 Å². The SMILES string of the molecule is CC(N)CC1(F)C=CC=CC1. The molecule has 0 aromatic rings. The molecule has 2 unspecified atom stereocenters. The zero-order valence-electron chi connectivity index (χ0n) is 6.76. The zero-order valence-corrected chi connectivity index (χ0v) is 6.76. The van der Waals surface area contributed by atoms with E-state index < -0.39 is 5.67 Å². The molecule has 0 aliphatic heterocycles. The van der Waals surface area contributed by atoms with E-state index in [4.69, 9.17) is 5.73 Å². The average molecular weight is 155 g/mol. The molecule has 1 nitrogen and oxygen atoms in total. The first-order valence-corrected chi connectivity index (χ1v) is 3.91. The van der Waals surface area contributed by atoms with Gasteiger partial charge in [0.1, 0.15) is 5.67 Å². The summed E-state index contributed by atoms with van der Waals surface area (Å²) in [7, 11) is 0. The van der Waals surface area contributed by atoms with Gasteiger partial charge >= 0.3 is 0 Å². The molecule has 0 heterocycles. The molecule has 0 radical (unpaired) electrons. The van der Waals surface area contributed by atoms with Crippen LogP contribution in [0, 0.1) is 0 Å². The van der Waals surface area contributed by atoms with Crippen LogP contribution in [0.4, 0.5) is 4.39 Å². The summed E-state index contributed by atoms with van der Waals surface area (Å²) in [5.74, 6) is 0.